The molecule has 0 aliphatic heterocycles. The number of nitrogen functional groups attached to an aromatic ring is 1. The molecule has 0 amide bonds. The zero-order valence-electron chi connectivity index (χ0n) is 11.6. The number of ketones is 1. The maximum atomic E-state index is 11.5. The fourth-order valence-corrected chi connectivity index (χ4v) is 1.54. The lowest BCUT2D eigenvalue weighted by Gasteiger charge is -2.22. The molecule has 0 saturated heterocycles. The molecule has 0 saturated carbocycles. The average Bonchev–Trinajstić information content (AvgIpc) is 2.36. The summed E-state index contributed by atoms with van der Waals surface area (Å²) in [6.07, 6.45) is 0. The van der Waals surface area contributed by atoms with Crippen molar-refractivity contribution in [3.63, 3.8) is 0 Å². The number of carbonyl (C=O) groups excluding carboxylic acids is 2. The molecule has 0 bridgehead atoms. The predicted octanol–water partition coefficient (Wildman–Crippen LogP) is 2.05. The Morgan fingerprint density at radius 1 is 1.32 bits per heavy atom. The molecule has 5 nitrogen and oxygen atoms in total. The first-order valence-corrected chi connectivity index (χ1v) is 5.89. The minimum absolute atomic E-state index is 0.115. The van der Waals surface area contributed by atoms with Crippen LogP contribution in [0.25, 0.3) is 0 Å². The molecule has 0 aliphatic carbocycles. The molecule has 0 spiro atoms. The highest BCUT2D eigenvalue weighted by Gasteiger charge is 2.30. The van der Waals surface area contributed by atoms with Gasteiger partial charge in [-0.2, -0.15) is 0 Å². The van der Waals surface area contributed by atoms with E-state index < -0.39 is 5.41 Å². The topological polar surface area (TPSA) is 78.6 Å². The van der Waals surface area contributed by atoms with Gasteiger partial charge < -0.3 is 15.2 Å². The van der Waals surface area contributed by atoms with Crippen molar-refractivity contribution in [2.24, 2.45) is 5.41 Å². The van der Waals surface area contributed by atoms with Crippen LogP contribution in [0.3, 0.4) is 0 Å². The van der Waals surface area contributed by atoms with Gasteiger partial charge in [-0.05, 0) is 39.0 Å². The minimum atomic E-state index is -0.788. The Kier molecular flexibility index (Phi) is 4.53. The monoisotopic (exact) mass is 265 g/mol. The number of ether oxygens (including phenoxy) is 2. The zero-order valence-corrected chi connectivity index (χ0v) is 11.6. The third-order valence-corrected chi connectivity index (χ3v) is 2.71. The van der Waals surface area contributed by atoms with Crippen LogP contribution in [0.1, 0.15) is 31.1 Å². The van der Waals surface area contributed by atoms with E-state index >= 15 is 0 Å². The van der Waals surface area contributed by atoms with Crippen LogP contribution in [0.5, 0.6) is 5.75 Å². The van der Waals surface area contributed by atoms with Crippen molar-refractivity contribution in [1.29, 1.82) is 0 Å². The number of nitrogens with two attached hydrogens (primary N) is 1. The predicted molar refractivity (Wildman–Crippen MR) is 72.2 cm³/mol. The lowest BCUT2D eigenvalue weighted by atomic mass is 9.95. The molecule has 0 radical (unpaired) electrons. The Balaban J connectivity index is 2.89. The molecule has 1 aromatic carbocycles. The number of hydrogen-bond donors (Lipinski definition) is 1. The molecular formula is C14H19NO4. The summed E-state index contributed by atoms with van der Waals surface area (Å²) in [6, 6.07) is 4.83. The summed E-state index contributed by atoms with van der Waals surface area (Å²) in [5.74, 6) is -0.0934. The first kappa shape index (κ1) is 15.0. The fourth-order valence-electron chi connectivity index (χ4n) is 1.54. The third kappa shape index (κ3) is 3.71. The largest absolute Gasteiger partial charge is 0.492 e. The Hall–Kier alpha value is -2.04. The summed E-state index contributed by atoms with van der Waals surface area (Å²) in [6.45, 7) is 4.98. The van der Waals surface area contributed by atoms with E-state index in [-0.39, 0.29) is 18.4 Å². The van der Waals surface area contributed by atoms with Gasteiger partial charge in [0.05, 0.1) is 18.1 Å². The summed E-state index contributed by atoms with van der Waals surface area (Å²) in [4.78, 5) is 23.0. The van der Waals surface area contributed by atoms with E-state index in [1.165, 1.54) is 14.0 Å². The number of Topliss-reactive ketones (excluding diaryl/α,β-unsaturated/α-hetero) is 1. The van der Waals surface area contributed by atoms with E-state index in [0.717, 1.165) is 0 Å². The molecule has 2 N–H and O–H groups in total. The normalized spacial score (nSPS) is 10.9. The first-order valence-electron chi connectivity index (χ1n) is 5.89. The zero-order chi connectivity index (χ0) is 14.6. The van der Waals surface area contributed by atoms with E-state index in [1.54, 1.807) is 32.0 Å². The van der Waals surface area contributed by atoms with Crippen molar-refractivity contribution in [1.82, 2.24) is 0 Å². The van der Waals surface area contributed by atoms with Gasteiger partial charge in [0, 0.05) is 5.69 Å². The molecule has 104 valence electrons. The van der Waals surface area contributed by atoms with Crippen LogP contribution in [0.2, 0.25) is 0 Å². The molecule has 0 aromatic heterocycles. The molecular weight excluding hydrogens is 246 g/mol. The number of esters is 1. The molecule has 1 rings (SSSR count). The number of anilines is 1. The van der Waals surface area contributed by atoms with Crippen LogP contribution in [0.15, 0.2) is 18.2 Å². The van der Waals surface area contributed by atoms with Gasteiger partial charge >= 0.3 is 5.97 Å². The van der Waals surface area contributed by atoms with Crippen molar-refractivity contribution in [3.05, 3.63) is 23.8 Å². The second-order valence-corrected chi connectivity index (χ2v) is 4.98. The lowest BCUT2D eigenvalue weighted by molar-refractivity contribution is -0.152. The van der Waals surface area contributed by atoms with Gasteiger partial charge in [-0.3, -0.25) is 9.59 Å². The number of benzene rings is 1. The van der Waals surface area contributed by atoms with Gasteiger partial charge in [0.2, 0.25) is 0 Å². The van der Waals surface area contributed by atoms with Crippen LogP contribution in [0.4, 0.5) is 5.69 Å². The quantitative estimate of drug-likeness (QED) is 0.501. The Morgan fingerprint density at radius 2 is 1.95 bits per heavy atom. The van der Waals surface area contributed by atoms with Crippen LogP contribution in [-0.2, 0) is 9.53 Å². The number of rotatable bonds is 5. The van der Waals surface area contributed by atoms with Gasteiger partial charge in [0.15, 0.2) is 5.78 Å². The molecule has 1 aromatic rings. The highest BCUT2D eigenvalue weighted by atomic mass is 16.5. The summed E-state index contributed by atoms with van der Waals surface area (Å²) >= 11 is 0. The van der Waals surface area contributed by atoms with E-state index in [1.807, 2.05) is 0 Å². The average molecular weight is 265 g/mol. The van der Waals surface area contributed by atoms with Crippen LogP contribution in [-0.4, -0.2) is 25.5 Å². The van der Waals surface area contributed by atoms with Gasteiger partial charge in [-0.1, -0.05) is 0 Å². The van der Waals surface area contributed by atoms with Crippen LogP contribution >= 0.6 is 0 Å². The maximum absolute atomic E-state index is 11.5. The smallest absolute Gasteiger partial charge is 0.314 e. The molecule has 19 heavy (non-hydrogen) atoms. The van der Waals surface area contributed by atoms with Gasteiger partial charge in [0.25, 0.3) is 0 Å². The third-order valence-electron chi connectivity index (χ3n) is 2.71. The number of carbonyl (C=O) groups is 2. The van der Waals surface area contributed by atoms with Gasteiger partial charge in [-0.15, -0.1) is 0 Å². The van der Waals surface area contributed by atoms with Gasteiger partial charge in [0.1, 0.15) is 12.4 Å². The first-order chi connectivity index (χ1) is 8.77. The molecule has 0 fully saturated rings. The molecule has 0 heterocycles. The molecule has 0 aliphatic rings. The summed E-state index contributed by atoms with van der Waals surface area (Å²) in [5.41, 5.74) is 5.74. The van der Waals surface area contributed by atoms with E-state index in [2.05, 4.69) is 0 Å². The minimum Gasteiger partial charge on any atom is -0.492 e. The highest BCUT2D eigenvalue weighted by Crippen LogP contribution is 2.25. The molecule has 5 heteroatoms. The van der Waals surface area contributed by atoms with E-state index in [9.17, 15) is 9.59 Å². The van der Waals surface area contributed by atoms with Crippen molar-refractivity contribution in [2.45, 2.75) is 20.8 Å². The second-order valence-electron chi connectivity index (χ2n) is 4.98. The van der Waals surface area contributed by atoms with E-state index in [4.69, 9.17) is 15.2 Å². The van der Waals surface area contributed by atoms with Crippen molar-refractivity contribution >= 4 is 17.4 Å². The number of methoxy groups -OCH3 is 1. The van der Waals surface area contributed by atoms with Crippen LogP contribution in [0, 0.1) is 5.41 Å². The molecule has 0 atom stereocenters. The van der Waals surface area contributed by atoms with Gasteiger partial charge in [-0.25, -0.2) is 0 Å². The van der Waals surface area contributed by atoms with E-state index in [0.29, 0.717) is 17.0 Å². The summed E-state index contributed by atoms with van der Waals surface area (Å²) in [7, 11) is 1.33. The standard InChI is InChI=1S/C14H19NO4/c1-9(16)11-7-10(15)5-6-12(11)19-8-14(2,3)13(17)18-4/h5-7H,8,15H2,1-4H3. The maximum Gasteiger partial charge on any atom is 0.314 e. The molecule has 0 unspecified atom stereocenters. The lowest BCUT2D eigenvalue weighted by Crippen LogP contribution is -2.32. The second kappa shape index (κ2) is 5.73. The Morgan fingerprint density at radius 3 is 2.47 bits per heavy atom. The number of hydrogen-bond acceptors (Lipinski definition) is 5. The Bertz CT molecular complexity index is 494. The summed E-state index contributed by atoms with van der Waals surface area (Å²) in [5, 5.41) is 0. The van der Waals surface area contributed by atoms with Crippen molar-refractivity contribution < 1.29 is 19.1 Å². The van der Waals surface area contributed by atoms with Crippen LogP contribution < -0.4 is 10.5 Å². The SMILES string of the molecule is COC(=O)C(C)(C)COc1ccc(N)cc1C(C)=O. The Labute approximate surface area is 112 Å². The fraction of sp³-hybridized carbons (Fsp3) is 0.429. The van der Waals surface area contributed by atoms with Crippen molar-refractivity contribution in [3.8, 4) is 5.75 Å². The summed E-state index contributed by atoms with van der Waals surface area (Å²) < 4.78 is 10.3. The van der Waals surface area contributed by atoms with Crippen molar-refractivity contribution in [2.75, 3.05) is 19.5 Å². The highest BCUT2D eigenvalue weighted by molar-refractivity contribution is 5.97.